The van der Waals surface area contributed by atoms with Crippen LogP contribution >= 0.6 is 11.3 Å². The number of aliphatic hydroxyl groups excluding tert-OH is 1. The third-order valence-electron chi connectivity index (χ3n) is 3.61. The average Bonchev–Trinajstić information content (AvgIpc) is 3.00. The number of aliphatic hydroxyl groups is 1. The molecule has 5 nitrogen and oxygen atoms in total. The fourth-order valence-corrected chi connectivity index (χ4v) is 3.44. The zero-order chi connectivity index (χ0) is 18.9. The molecule has 138 valence electrons. The number of ether oxygens (including phenoxy) is 1. The molecule has 0 saturated carbocycles. The summed E-state index contributed by atoms with van der Waals surface area (Å²) in [5.74, 6) is 0.772. The zero-order valence-electron chi connectivity index (χ0n) is 15.8. The van der Waals surface area contributed by atoms with E-state index in [0.29, 0.717) is 6.04 Å². The summed E-state index contributed by atoms with van der Waals surface area (Å²) in [4.78, 5) is 9.41. The van der Waals surface area contributed by atoms with Crippen molar-refractivity contribution in [2.45, 2.75) is 52.9 Å². The monoisotopic (exact) mass is 371 g/mol. The van der Waals surface area contributed by atoms with Crippen LogP contribution in [0.1, 0.15) is 40.2 Å². The molecule has 26 heavy (non-hydrogen) atoms. The molecule has 0 atom stereocenters. The van der Waals surface area contributed by atoms with Gasteiger partial charge in [0.2, 0.25) is 0 Å². The molecule has 6 heteroatoms. The van der Waals surface area contributed by atoms with Gasteiger partial charge < -0.3 is 15.2 Å². The second-order valence-corrected chi connectivity index (χ2v) is 8.42. The molecule has 0 fully saturated rings. The first-order valence-electron chi connectivity index (χ1n) is 8.71. The summed E-state index contributed by atoms with van der Waals surface area (Å²) in [5.41, 5.74) is 2.87. The number of aromatic nitrogens is 2. The predicted molar refractivity (Wildman–Crippen MR) is 108 cm³/mol. The Morgan fingerprint density at radius 3 is 2.58 bits per heavy atom. The normalized spacial score (nSPS) is 12.0. The highest BCUT2D eigenvalue weighted by atomic mass is 32.1. The van der Waals surface area contributed by atoms with Gasteiger partial charge in [-0.1, -0.05) is 6.07 Å². The van der Waals surface area contributed by atoms with E-state index in [1.54, 1.807) is 11.3 Å². The molecule has 0 aliphatic rings. The van der Waals surface area contributed by atoms with E-state index >= 15 is 0 Å². The molecule has 0 saturated heterocycles. The van der Waals surface area contributed by atoms with Gasteiger partial charge in [-0.25, -0.2) is 9.97 Å². The average molecular weight is 372 g/mol. The summed E-state index contributed by atoms with van der Waals surface area (Å²) in [6.45, 7) is 10.2. The van der Waals surface area contributed by atoms with Crippen molar-refractivity contribution in [1.29, 1.82) is 0 Å². The smallest absolute Gasteiger partial charge is 0.183 e. The molecule has 1 aromatic carbocycles. The molecule has 2 aromatic heterocycles. The van der Waals surface area contributed by atoms with Crippen LogP contribution in [-0.4, -0.2) is 26.7 Å². The maximum Gasteiger partial charge on any atom is 0.183 e. The van der Waals surface area contributed by atoms with Crippen LogP contribution in [0.2, 0.25) is 0 Å². The summed E-state index contributed by atoms with van der Waals surface area (Å²) < 4.78 is 6.18. The SMILES string of the molecule is CC(C)Nc1nc(-c2cc(OC(C)(C)C)c3ccc(CO)cc3n2)cs1. The Kier molecular flexibility index (Phi) is 5.16. The van der Waals surface area contributed by atoms with Crippen LogP contribution in [0, 0.1) is 0 Å². The third-order valence-corrected chi connectivity index (χ3v) is 4.39. The number of nitrogens with one attached hydrogen (secondary N) is 1. The van der Waals surface area contributed by atoms with Gasteiger partial charge in [0.25, 0.3) is 0 Å². The molecular weight excluding hydrogens is 346 g/mol. The van der Waals surface area contributed by atoms with Gasteiger partial charge in [-0.05, 0) is 52.3 Å². The Morgan fingerprint density at radius 1 is 1.15 bits per heavy atom. The van der Waals surface area contributed by atoms with Crippen LogP contribution < -0.4 is 10.1 Å². The van der Waals surface area contributed by atoms with Gasteiger partial charge in [-0.3, -0.25) is 0 Å². The number of hydrogen-bond donors (Lipinski definition) is 2. The highest BCUT2D eigenvalue weighted by molar-refractivity contribution is 7.14. The topological polar surface area (TPSA) is 67.3 Å². The fraction of sp³-hybridized carbons (Fsp3) is 0.400. The Labute approximate surface area is 158 Å². The number of thiazole rings is 1. The predicted octanol–water partition coefficient (Wildman–Crippen LogP) is 4.85. The minimum Gasteiger partial charge on any atom is -0.487 e. The Morgan fingerprint density at radius 2 is 1.92 bits per heavy atom. The van der Waals surface area contributed by atoms with Crippen molar-refractivity contribution in [3.8, 4) is 17.1 Å². The lowest BCUT2D eigenvalue weighted by molar-refractivity contribution is 0.133. The van der Waals surface area contributed by atoms with E-state index in [4.69, 9.17) is 9.72 Å². The van der Waals surface area contributed by atoms with Gasteiger partial charge >= 0.3 is 0 Å². The molecule has 2 N–H and O–H groups in total. The van der Waals surface area contributed by atoms with Gasteiger partial charge in [0.05, 0.1) is 17.8 Å². The Bertz CT molecular complexity index is 913. The van der Waals surface area contributed by atoms with Crippen molar-refractivity contribution in [3.05, 3.63) is 35.2 Å². The first-order chi connectivity index (χ1) is 12.2. The standard InChI is InChI=1S/C20H25N3O2S/c1-12(2)21-19-23-17(11-26-19)16-9-18(25-20(3,4)5)14-7-6-13(10-24)8-15(14)22-16/h6-9,11-12,24H,10H2,1-5H3,(H,21,23). The molecule has 0 aliphatic heterocycles. The molecule has 0 radical (unpaired) electrons. The van der Waals surface area contributed by atoms with Gasteiger partial charge in [0.15, 0.2) is 5.13 Å². The van der Waals surface area contributed by atoms with Crippen LogP contribution in [0.25, 0.3) is 22.3 Å². The lowest BCUT2D eigenvalue weighted by Crippen LogP contribution is -2.23. The van der Waals surface area contributed by atoms with Crippen molar-refractivity contribution in [2.75, 3.05) is 5.32 Å². The van der Waals surface area contributed by atoms with E-state index in [1.807, 2.05) is 50.4 Å². The van der Waals surface area contributed by atoms with Gasteiger partial charge in [-0.15, -0.1) is 11.3 Å². The number of benzene rings is 1. The maximum absolute atomic E-state index is 9.45. The summed E-state index contributed by atoms with van der Waals surface area (Å²) in [6, 6.07) is 8.01. The minimum absolute atomic E-state index is 0.0174. The molecule has 0 spiro atoms. The first kappa shape index (κ1) is 18.6. The Balaban J connectivity index is 2.11. The van der Waals surface area contributed by atoms with E-state index in [0.717, 1.165) is 38.7 Å². The second-order valence-electron chi connectivity index (χ2n) is 7.57. The number of fused-ring (bicyclic) bond motifs is 1. The van der Waals surface area contributed by atoms with Crippen LogP contribution in [-0.2, 0) is 6.61 Å². The molecule has 0 unspecified atom stereocenters. The van der Waals surface area contributed by atoms with Crippen molar-refractivity contribution in [2.24, 2.45) is 0 Å². The summed E-state index contributed by atoms with van der Waals surface area (Å²) in [7, 11) is 0. The molecule has 0 amide bonds. The summed E-state index contributed by atoms with van der Waals surface area (Å²) in [5, 5.41) is 16.6. The molecule has 0 aliphatic carbocycles. The molecule has 3 aromatic rings. The number of pyridine rings is 1. The van der Waals surface area contributed by atoms with E-state index in [9.17, 15) is 5.11 Å². The van der Waals surface area contributed by atoms with Gasteiger partial charge in [0.1, 0.15) is 17.0 Å². The fourth-order valence-electron chi connectivity index (χ4n) is 2.59. The number of nitrogens with zero attached hydrogens (tertiary/aromatic N) is 2. The van der Waals surface area contributed by atoms with Crippen molar-refractivity contribution >= 4 is 27.4 Å². The zero-order valence-corrected chi connectivity index (χ0v) is 16.6. The van der Waals surface area contributed by atoms with Crippen molar-refractivity contribution < 1.29 is 9.84 Å². The van der Waals surface area contributed by atoms with E-state index < -0.39 is 0 Å². The number of rotatable bonds is 5. The highest BCUT2D eigenvalue weighted by Crippen LogP contribution is 2.34. The third kappa shape index (κ3) is 4.31. The second kappa shape index (κ2) is 7.21. The van der Waals surface area contributed by atoms with E-state index in [2.05, 4.69) is 24.1 Å². The molecule has 3 rings (SSSR count). The van der Waals surface area contributed by atoms with Gasteiger partial charge in [0, 0.05) is 22.9 Å². The molecule has 2 heterocycles. The van der Waals surface area contributed by atoms with Crippen LogP contribution in [0.3, 0.4) is 0 Å². The number of hydrogen-bond acceptors (Lipinski definition) is 6. The van der Waals surface area contributed by atoms with Crippen LogP contribution in [0.15, 0.2) is 29.6 Å². The largest absolute Gasteiger partial charge is 0.487 e. The van der Waals surface area contributed by atoms with E-state index in [-0.39, 0.29) is 12.2 Å². The quantitative estimate of drug-likeness (QED) is 0.671. The molecule has 0 bridgehead atoms. The molecular formula is C20H25N3O2S. The van der Waals surface area contributed by atoms with Gasteiger partial charge in [-0.2, -0.15) is 0 Å². The van der Waals surface area contributed by atoms with Crippen molar-refractivity contribution in [3.63, 3.8) is 0 Å². The van der Waals surface area contributed by atoms with Crippen LogP contribution in [0.5, 0.6) is 5.75 Å². The summed E-state index contributed by atoms with van der Waals surface area (Å²) in [6.07, 6.45) is 0. The minimum atomic E-state index is -0.326. The maximum atomic E-state index is 9.45. The van der Waals surface area contributed by atoms with Crippen LogP contribution in [0.4, 0.5) is 5.13 Å². The number of anilines is 1. The van der Waals surface area contributed by atoms with Crippen molar-refractivity contribution in [1.82, 2.24) is 9.97 Å². The lowest BCUT2D eigenvalue weighted by atomic mass is 10.1. The highest BCUT2D eigenvalue weighted by Gasteiger charge is 2.17. The van der Waals surface area contributed by atoms with E-state index in [1.165, 1.54) is 0 Å². The first-order valence-corrected chi connectivity index (χ1v) is 9.59. The lowest BCUT2D eigenvalue weighted by Gasteiger charge is -2.23. The summed E-state index contributed by atoms with van der Waals surface area (Å²) >= 11 is 1.56. The Hall–Kier alpha value is -2.18.